The first-order valence-corrected chi connectivity index (χ1v) is 7.99. The predicted molar refractivity (Wildman–Crippen MR) is 90.7 cm³/mol. The van der Waals surface area contributed by atoms with Crippen LogP contribution < -0.4 is 10.2 Å². The van der Waals surface area contributed by atoms with Gasteiger partial charge in [0.1, 0.15) is 0 Å². The number of nitrogens with one attached hydrogen (secondary N) is 1. The van der Waals surface area contributed by atoms with Crippen LogP contribution in [0.4, 0.5) is 5.69 Å². The highest BCUT2D eigenvalue weighted by molar-refractivity contribution is 5.52. The Morgan fingerprint density at radius 3 is 2.35 bits per heavy atom. The van der Waals surface area contributed by atoms with Crippen LogP contribution in [0.25, 0.3) is 0 Å². The molecule has 1 aromatic rings. The molecule has 1 N–H and O–H groups in total. The third kappa shape index (κ3) is 6.42. The fraction of sp³-hybridized carbons (Fsp3) is 0.667. The van der Waals surface area contributed by atoms with E-state index in [0.717, 1.165) is 19.6 Å². The first-order chi connectivity index (χ1) is 9.44. The lowest BCUT2D eigenvalue weighted by molar-refractivity contribution is 0.417. The molecule has 0 aliphatic carbocycles. The van der Waals surface area contributed by atoms with Crippen LogP contribution in [0.1, 0.15) is 52.5 Å². The van der Waals surface area contributed by atoms with Crippen LogP contribution in [-0.2, 0) is 0 Å². The molecule has 1 aromatic carbocycles. The third-order valence-corrected chi connectivity index (χ3v) is 3.60. The molecule has 0 aromatic heterocycles. The molecule has 0 bridgehead atoms. The summed E-state index contributed by atoms with van der Waals surface area (Å²) < 4.78 is 0. The van der Waals surface area contributed by atoms with Crippen molar-refractivity contribution in [2.45, 2.75) is 59.4 Å². The van der Waals surface area contributed by atoms with E-state index < -0.39 is 0 Å². The van der Waals surface area contributed by atoms with Gasteiger partial charge < -0.3 is 10.2 Å². The van der Waals surface area contributed by atoms with E-state index in [-0.39, 0.29) is 5.54 Å². The Bertz CT molecular complexity index is 379. The number of unbranched alkanes of at least 4 members (excludes halogenated alkanes) is 2. The summed E-state index contributed by atoms with van der Waals surface area (Å²) in [7, 11) is 0. The molecular formula is C18H32N2. The van der Waals surface area contributed by atoms with Crippen molar-refractivity contribution in [1.29, 1.82) is 0 Å². The van der Waals surface area contributed by atoms with E-state index in [4.69, 9.17) is 0 Å². The zero-order valence-corrected chi connectivity index (χ0v) is 14.0. The average Bonchev–Trinajstić information content (AvgIpc) is 2.38. The molecule has 0 saturated heterocycles. The average molecular weight is 276 g/mol. The van der Waals surface area contributed by atoms with Gasteiger partial charge >= 0.3 is 0 Å². The second-order valence-electron chi connectivity index (χ2n) is 6.60. The van der Waals surface area contributed by atoms with Gasteiger partial charge in [-0.05, 0) is 65.6 Å². The Labute approximate surface area is 125 Å². The second-order valence-corrected chi connectivity index (χ2v) is 6.60. The summed E-state index contributed by atoms with van der Waals surface area (Å²) in [6.07, 6.45) is 3.84. The molecule has 20 heavy (non-hydrogen) atoms. The number of para-hydroxylation sites is 1. The van der Waals surface area contributed by atoms with Gasteiger partial charge in [0.15, 0.2) is 0 Å². The molecule has 2 heteroatoms. The quantitative estimate of drug-likeness (QED) is 0.709. The third-order valence-electron chi connectivity index (χ3n) is 3.60. The van der Waals surface area contributed by atoms with Crippen LogP contribution >= 0.6 is 0 Å². The zero-order valence-electron chi connectivity index (χ0n) is 14.0. The van der Waals surface area contributed by atoms with Crippen molar-refractivity contribution in [3.8, 4) is 0 Å². The van der Waals surface area contributed by atoms with Crippen molar-refractivity contribution >= 4 is 5.69 Å². The van der Waals surface area contributed by atoms with Gasteiger partial charge in [-0.25, -0.2) is 0 Å². The van der Waals surface area contributed by atoms with Crippen molar-refractivity contribution in [3.63, 3.8) is 0 Å². The number of hydrogen-bond donors (Lipinski definition) is 1. The molecule has 0 heterocycles. The minimum atomic E-state index is 0.247. The summed E-state index contributed by atoms with van der Waals surface area (Å²) in [5.74, 6) is 0. The number of benzene rings is 1. The molecule has 1 rings (SSSR count). The van der Waals surface area contributed by atoms with E-state index in [1.807, 2.05) is 0 Å². The maximum absolute atomic E-state index is 3.55. The maximum atomic E-state index is 3.55. The van der Waals surface area contributed by atoms with E-state index >= 15 is 0 Å². The van der Waals surface area contributed by atoms with E-state index in [1.165, 1.54) is 30.5 Å². The minimum Gasteiger partial charge on any atom is -0.372 e. The highest BCUT2D eigenvalue weighted by atomic mass is 15.1. The van der Waals surface area contributed by atoms with Crippen molar-refractivity contribution in [1.82, 2.24) is 5.32 Å². The zero-order chi connectivity index (χ0) is 15.0. The number of nitrogens with zero attached hydrogens (tertiary/aromatic N) is 1. The highest BCUT2D eigenvalue weighted by Gasteiger charge is 2.08. The lowest BCUT2D eigenvalue weighted by atomic mass is 10.1. The van der Waals surface area contributed by atoms with Gasteiger partial charge in [-0.3, -0.25) is 0 Å². The molecule has 0 saturated carbocycles. The van der Waals surface area contributed by atoms with Crippen LogP contribution in [0.15, 0.2) is 24.3 Å². The van der Waals surface area contributed by atoms with Crippen molar-refractivity contribution in [2.24, 2.45) is 0 Å². The van der Waals surface area contributed by atoms with Gasteiger partial charge in [0.05, 0.1) is 0 Å². The molecule has 0 atom stereocenters. The molecule has 114 valence electrons. The Morgan fingerprint density at radius 2 is 1.75 bits per heavy atom. The van der Waals surface area contributed by atoms with Crippen LogP contribution in [-0.4, -0.2) is 25.2 Å². The van der Waals surface area contributed by atoms with Gasteiger partial charge in [0.2, 0.25) is 0 Å². The Hall–Kier alpha value is -1.02. The minimum absolute atomic E-state index is 0.247. The fourth-order valence-corrected chi connectivity index (χ4v) is 2.43. The Kier molecular flexibility index (Phi) is 7.08. The second kappa shape index (κ2) is 8.31. The van der Waals surface area contributed by atoms with Crippen molar-refractivity contribution < 1.29 is 0 Å². The summed E-state index contributed by atoms with van der Waals surface area (Å²) in [5.41, 5.74) is 3.02. The molecule has 0 aliphatic heterocycles. The van der Waals surface area contributed by atoms with E-state index in [0.29, 0.717) is 0 Å². The smallest absolute Gasteiger partial charge is 0.0395 e. The van der Waals surface area contributed by atoms with Gasteiger partial charge in [-0.1, -0.05) is 24.6 Å². The van der Waals surface area contributed by atoms with Crippen LogP contribution in [0, 0.1) is 6.92 Å². The molecule has 0 radical (unpaired) electrons. The fourth-order valence-electron chi connectivity index (χ4n) is 2.43. The first kappa shape index (κ1) is 17.0. The molecule has 2 nitrogen and oxygen atoms in total. The van der Waals surface area contributed by atoms with Crippen LogP contribution in [0.2, 0.25) is 0 Å². The largest absolute Gasteiger partial charge is 0.372 e. The molecular weight excluding hydrogens is 244 g/mol. The molecule has 0 amide bonds. The molecule has 0 fully saturated rings. The van der Waals surface area contributed by atoms with Crippen LogP contribution in [0.3, 0.4) is 0 Å². The number of rotatable bonds is 8. The summed E-state index contributed by atoms with van der Waals surface area (Å²) in [6.45, 7) is 14.5. The normalized spacial score (nSPS) is 11.7. The maximum Gasteiger partial charge on any atom is 0.0395 e. The van der Waals surface area contributed by atoms with Crippen molar-refractivity contribution in [2.75, 3.05) is 24.5 Å². The van der Waals surface area contributed by atoms with Gasteiger partial charge in [0, 0.05) is 24.3 Å². The van der Waals surface area contributed by atoms with E-state index in [9.17, 15) is 0 Å². The van der Waals surface area contributed by atoms with E-state index in [1.54, 1.807) is 0 Å². The first-order valence-electron chi connectivity index (χ1n) is 7.99. The predicted octanol–water partition coefficient (Wildman–Crippen LogP) is 4.38. The highest BCUT2D eigenvalue weighted by Crippen LogP contribution is 2.19. The summed E-state index contributed by atoms with van der Waals surface area (Å²) in [5, 5.41) is 3.55. The van der Waals surface area contributed by atoms with E-state index in [2.05, 4.69) is 69.1 Å². The topological polar surface area (TPSA) is 15.3 Å². The molecule has 0 spiro atoms. The van der Waals surface area contributed by atoms with Gasteiger partial charge in [0.25, 0.3) is 0 Å². The Morgan fingerprint density at radius 1 is 1.05 bits per heavy atom. The summed E-state index contributed by atoms with van der Waals surface area (Å²) in [4.78, 5) is 2.49. The molecule has 0 unspecified atom stereocenters. The van der Waals surface area contributed by atoms with Crippen molar-refractivity contribution in [3.05, 3.63) is 29.8 Å². The number of aryl methyl sites for hydroxylation is 1. The lowest BCUT2D eigenvalue weighted by Gasteiger charge is -2.25. The summed E-state index contributed by atoms with van der Waals surface area (Å²) in [6, 6.07) is 8.69. The number of hydrogen-bond acceptors (Lipinski definition) is 2. The Balaban J connectivity index is 2.28. The molecule has 0 aliphatic rings. The van der Waals surface area contributed by atoms with Gasteiger partial charge in [-0.15, -0.1) is 0 Å². The van der Waals surface area contributed by atoms with Crippen LogP contribution in [0.5, 0.6) is 0 Å². The summed E-state index contributed by atoms with van der Waals surface area (Å²) >= 11 is 0. The SMILES string of the molecule is CCN(CCCCCNC(C)(C)C)c1ccccc1C. The van der Waals surface area contributed by atoms with Gasteiger partial charge in [-0.2, -0.15) is 0 Å². The lowest BCUT2D eigenvalue weighted by Crippen LogP contribution is -2.36. The standard InChI is InChI=1S/C18H32N2/c1-6-20(17-13-9-8-12-16(17)2)15-11-7-10-14-19-18(3,4)5/h8-9,12-13,19H,6-7,10-11,14-15H2,1-5H3. The number of anilines is 1. The monoisotopic (exact) mass is 276 g/mol.